The van der Waals surface area contributed by atoms with E-state index in [-0.39, 0.29) is 17.6 Å². The number of amides is 2. The van der Waals surface area contributed by atoms with Gasteiger partial charge in [-0.3, -0.25) is 9.59 Å². The Hall–Kier alpha value is -1.91. The highest BCUT2D eigenvalue weighted by Gasteiger charge is 2.39. The van der Waals surface area contributed by atoms with Crippen LogP contribution in [0.15, 0.2) is 24.3 Å². The van der Waals surface area contributed by atoms with Crippen LogP contribution < -0.4 is 5.32 Å². The molecule has 0 bridgehead atoms. The Bertz CT molecular complexity index is 518. The number of carbonyl (C=O) groups is 2. The molecule has 5 heteroatoms. The first-order chi connectivity index (χ1) is 8.93. The molecule has 102 valence electrons. The van der Waals surface area contributed by atoms with Crippen LogP contribution in [-0.2, 0) is 9.59 Å². The molecule has 1 heterocycles. The van der Waals surface area contributed by atoms with Crippen LogP contribution in [0, 0.1) is 5.82 Å². The molecule has 2 rings (SSSR count). The zero-order chi connectivity index (χ0) is 14.2. The molecule has 1 saturated heterocycles. The Labute approximate surface area is 111 Å². The number of rotatable bonds is 2. The second-order valence-corrected chi connectivity index (χ2v) is 4.85. The summed E-state index contributed by atoms with van der Waals surface area (Å²) in [6.45, 7) is 5.02. The summed E-state index contributed by atoms with van der Waals surface area (Å²) in [5.74, 6) is -0.772. The lowest BCUT2D eigenvalue weighted by Gasteiger charge is -2.40. The lowest BCUT2D eigenvalue weighted by molar-refractivity contribution is -0.150. The summed E-state index contributed by atoms with van der Waals surface area (Å²) in [6.07, 6.45) is 0. The number of hydrogen-bond acceptors (Lipinski definition) is 2. The summed E-state index contributed by atoms with van der Waals surface area (Å²) < 4.78 is 13.8. The second-order valence-electron chi connectivity index (χ2n) is 4.85. The standard InChI is InChI=1S/C14H17FN2O2/c1-8-14(19)17(10(3)13(18)16-8)9(2)11-6-4-5-7-12(11)15/h4-10H,1-3H3,(H,16,18). The van der Waals surface area contributed by atoms with Gasteiger partial charge in [0.05, 0.1) is 6.04 Å². The van der Waals surface area contributed by atoms with E-state index in [9.17, 15) is 14.0 Å². The van der Waals surface area contributed by atoms with Gasteiger partial charge in [-0.2, -0.15) is 0 Å². The summed E-state index contributed by atoms with van der Waals surface area (Å²) in [7, 11) is 0. The van der Waals surface area contributed by atoms with E-state index in [0.717, 1.165) is 0 Å². The van der Waals surface area contributed by atoms with Crippen LogP contribution in [-0.4, -0.2) is 28.8 Å². The van der Waals surface area contributed by atoms with Crippen LogP contribution in [0.2, 0.25) is 0 Å². The van der Waals surface area contributed by atoms with E-state index < -0.39 is 18.1 Å². The van der Waals surface area contributed by atoms with Crippen LogP contribution in [0.3, 0.4) is 0 Å². The number of nitrogens with one attached hydrogen (secondary N) is 1. The van der Waals surface area contributed by atoms with Crippen molar-refractivity contribution >= 4 is 11.8 Å². The van der Waals surface area contributed by atoms with Crippen molar-refractivity contribution in [1.29, 1.82) is 0 Å². The molecule has 1 aromatic rings. The maximum absolute atomic E-state index is 13.8. The topological polar surface area (TPSA) is 49.4 Å². The van der Waals surface area contributed by atoms with Gasteiger partial charge >= 0.3 is 0 Å². The highest BCUT2D eigenvalue weighted by atomic mass is 19.1. The van der Waals surface area contributed by atoms with Gasteiger partial charge in [0.2, 0.25) is 11.8 Å². The van der Waals surface area contributed by atoms with Gasteiger partial charge in [-0.15, -0.1) is 0 Å². The van der Waals surface area contributed by atoms with Gasteiger partial charge in [0, 0.05) is 5.56 Å². The molecule has 4 nitrogen and oxygen atoms in total. The predicted molar refractivity (Wildman–Crippen MR) is 68.7 cm³/mol. The van der Waals surface area contributed by atoms with Crippen molar-refractivity contribution in [2.45, 2.75) is 38.9 Å². The van der Waals surface area contributed by atoms with Crippen molar-refractivity contribution in [3.8, 4) is 0 Å². The fraction of sp³-hybridized carbons (Fsp3) is 0.429. The van der Waals surface area contributed by atoms with E-state index in [1.165, 1.54) is 11.0 Å². The maximum atomic E-state index is 13.8. The smallest absolute Gasteiger partial charge is 0.246 e. The van der Waals surface area contributed by atoms with Crippen molar-refractivity contribution in [3.05, 3.63) is 35.6 Å². The summed E-state index contributed by atoms with van der Waals surface area (Å²) in [4.78, 5) is 25.4. The van der Waals surface area contributed by atoms with Crippen LogP contribution in [0.4, 0.5) is 4.39 Å². The maximum Gasteiger partial charge on any atom is 0.246 e. The molecule has 2 amide bonds. The Kier molecular flexibility index (Phi) is 3.55. The van der Waals surface area contributed by atoms with Crippen molar-refractivity contribution < 1.29 is 14.0 Å². The van der Waals surface area contributed by atoms with Gasteiger partial charge in [-0.05, 0) is 26.8 Å². The molecule has 1 fully saturated rings. The summed E-state index contributed by atoms with van der Waals surface area (Å²) in [6, 6.07) is 4.67. The fourth-order valence-corrected chi connectivity index (χ4v) is 2.43. The molecule has 1 aliphatic rings. The highest BCUT2D eigenvalue weighted by Crippen LogP contribution is 2.27. The van der Waals surface area contributed by atoms with Gasteiger partial charge < -0.3 is 10.2 Å². The van der Waals surface area contributed by atoms with Crippen LogP contribution >= 0.6 is 0 Å². The molecular weight excluding hydrogens is 247 g/mol. The normalized spacial score (nSPS) is 25.2. The van der Waals surface area contributed by atoms with Gasteiger partial charge in [0.25, 0.3) is 0 Å². The quantitative estimate of drug-likeness (QED) is 0.882. The summed E-state index contributed by atoms with van der Waals surface area (Å²) in [5, 5.41) is 2.61. The minimum absolute atomic E-state index is 0.192. The van der Waals surface area contributed by atoms with Gasteiger partial charge in [-0.25, -0.2) is 4.39 Å². The minimum Gasteiger partial charge on any atom is -0.343 e. The first kappa shape index (κ1) is 13.5. The average Bonchev–Trinajstić information content (AvgIpc) is 2.37. The Morgan fingerprint density at radius 2 is 1.89 bits per heavy atom. The van der Waals surface area contributed by atoms with Crippen molar-refractivity contribution in [3.63, 3.8) is 0 Å². The van der Waals surface area contributed by atoms with Crippen LogP contribution in [0.25, 0.3) is 0 Å². The van der Waals surface area contributed by atoms with Crippen molar-refractivity contribution in [2.24, 2.45) is 0 Å². The summed E-state index contributed by atoms with van der Waals surface area (Å²) in [5.41, 5.74) is 0.421. The van der Waals surface area contributed by atoms with E-state index in [0.29, 0.717) is 5.56 Å². The Morgan fingerprint density at radius 3 is 2.53 bits per heavy atom. The first-order valence-corrected chi connectivity index (χ1v) is 6.30. The average molecular weight is 264 g/mol. The molecule has 0 spiro atoms. The second kappa shape index (κ2) is 4.99. The number of piperazine rings is 1. The zero-order valence-corrected chi connectivity index (χ0v) is 11.2. The molecule has 3 atom stereocenters. The van der Waals surface area contributed by atoms with Gasteiger partial charge in [-0.1, -0.05) is 18.2 Å². The number of hydrogen-bond donors (Lipinski definition) is 1. The third kappa shape index (κ3) is 2.32. The fourth-order valence-electron chi connectivity index (χ4n) is 2.43. The number of benzene rings is 1. The molecule has 0 radical (unpaired) electrons. The number of carbonyl (C=O) groups excluding carboxylic acids is 2. The van der Waals surface area contributed by atoms with Crippen molar-refractivity contribution in [2.75, 3.05) is 0 Å². The number of nitrogens with zero attached hydrogens (tertiary/aromatic N) is 1. The molecule has 1 aliphatic heterocycles. The Morgan fingerprint density at radius 1 is 1.26 bits per heavy atom. The first-order valence-electron chi connectivity index (χ1n) is 6.30. The molecule has 1 N–H and O–H groups in total. The Balaban J connectivity index is 2.36. The molecule has 1 aromatic carbocycles. The molecule has 0 saturated carbocycles. The van der Waals surface area contributed by atoms with E-state index >= 15 is 0 Å². The molecule has 19 heavy (non-hydrogen) atoms. The summed E-state index contributed by atoms with van der Waals surface area (Å²) >= 11 is 0. The van der Waals surface area contributed by atoms with Gasteiger partial charge in [0.1, 0.15) is 17.9 Å². The highest BCUT2D eigenvalue weighted by molar-refractivity contribution is 5.96. The van der Waals surface area contributed by atoms with E-state index in [4.69, 9.17) is 0 Å². The molecular formula is C14H17FN2O2. The predicted octanol–water partition coefficient (Wildman–Crippen LogP) is 1.62. The molecule has 0 aromatic heterocycles. The minimum atomic E-state index is -0.599. The van der Waals surface area contributed by atoms with Gasteiger partial charge in [0.15, 0.2) is 0 Å². The van der Waals surface area contributed by atoms with Crippen LogP contribution in [0.1, 0.15) is 32.4 Å². The third-order valence-electron chi connectivity index (χ3n) is 3.55. The van der Waals surface area contributed by atoms with E-state index in [1.807, 2.05) is 0 Å². The molecule has 0 aliphatic carbocycles. The lowest BCUT2D eigenvalue weighted by Crippen LogP contribution is -2.61. The third-order valence-corrected chi connectivity index (χ3v) is 3.55. The lowest BCUT2D eigenvalue weighted by atomic mass is 10.0. The largest absolute Gasteiger partial charge is 0.343 e. The molecule has 3 unspecified atom stereocenters. The zero-order valence-electron chi connectivity index (χ0n) is 11.2. The number of halogens is 1. The monoisotopic (exact) mass is 264 g/mol. The van der Waals surface area contributed by atoms with E-state index in [1.54, 1.807) is 39.0 Å². The van der Waals surface area contributed by atoms with E-state index in [2.05, 4.69) is 5.32 Å². The van der Waals surface area contributed by atoms with Crippen molar-refractivity contribution in [1.82, 2.24) is 10.2 Å². The SMILES string of the molecule is CC1NC(=O)C(C)N(C(C)c2ccccc2F)C1=O. The van der Waals surface area contributed by atoms with Crippen LogP contribution in [0.5, 0.6) is 0 Å².